The van der Waals surface area contributed by atoms with E-state index in [0.717, 1.165) is 59.4 Å². The molecule has 2 atom stereocenters. The Bertz CT molecular complexity index is 1550. The van der Waals surface area contributed by atoms with Gasteiger partial charge in [-0.05, 0) is 104 Å². The number of aromatic amines is 2. The molecule has 2 aliphatic rings. The topological polar surface area (TPSA) is 104 Å². The van der Waals surface area contributed by atoms with Crippen LogP contribution in [-0.2, 0) is 37.0 Å². The van der Waals surface area contributed by atoms with Crippen molar-refractivity contribution in [2.45, 2.75) is 93.6 Å². The third kappa shape index (κ3) is 6.35. The summed E-state index contributed by atoms with van der Waals surface area (Å²) in [4.78, 5) is 27.7. The van der Waals surface area contributed by atoms with Crippen molar-refractivity contribution in [1.29, 1.82) is 0 Å². The number of hydrogen-bond acceptors (Lipinski definition) is 5. The number of H-pyrrole nitrogens is 2. The molecule has 4 aromatic heterocycles. The van der Waals surface area contributed by atoms with Crippen molar-refractivity contribution < 1.29 is 14.6 Å². The molecule has 0 saturated carbocycles. The minimum atomic E-state index is -0.314. The van der Waals surface area contributed by atoms with Crippen molar-refractivity contribution in [3.05, 3.63) is 58.2 Å². The number of rotatable bonds is 3. The molecule has 4 aromatic rings. The van der Waals surface area contributed by atoms with E-state index in [1.165, 1.54) is 35.4 Å². The zero-order valence-corrected chi connectivity index (χ0v) is 25.8. The first-order valence-corrected chi connectivity index (χ1v) is 15.2. The molecule has 4 heterocycles. The fourth-order valence-electron chi connectivity index (χ4n) is 6.36. The zero-order valence-electron chi connectivity index (χ0n) is 25.8. The number of nitrogens with zero attached hydrogens (tertiary/aromatic N) is 2. The van der Waals surface area contributed by atoms with Gasteiger partial charge in [0.15, 0.2) is 0 Å². The Morgan fingerprint density at radius 3 is 1.85 bits per heavy atom. The van der Waals surface area contributed by atoms with E-state index in [-0.39, 0.29) is 12.6 Å². The van der Waals surface area contributed by atoms with Crippen LogP contribution in [0.1, 0.15) is 100 Å². The predicted molar refractivity (Wildman–Crippen MR) is 164 cm³/mol. The molecule has 0 spiro atoms. The van der Waals surface area contributed by atoms with Crippen LogP contribution in [0, 0.1) is 22.7 Å². The average molecular weight is 559 g/mol. The van der Waals surface area contributed by atoms with Crippen molar-refractivity contribution in [3.63, 3.8) is 0 Å². The van der Waals surface area contributed by atoms with Crippen molar-refractivity contribution in [2.75, 3.05) is 6.61 Å². The average Bonchev–Trinajstić information content (AvgIpc) is 3.52. The van der Waals surface area contributed by atoms with Gasteiger partial charge in [-0.15, -0.1) is 0 Å². The number of aliphatic hydroxyl groups is 1. The number of carbonyl (C=O) groups is 1. The minimum Gasteiger partial charge on any atom is -0.461 e. The highest BCUT2D eigenvalue weighted by atomic mass is 16.5. The normalized spacial score (nSPS) is 18.9. The highest BCUT2D eigenvalue weighted by Gasteiger charge is 2.31. The van der Waals surface area contributed by atoms with E-state index in [4.69, 9.17) is 14.7 Å². The first kappa shape index (κ1) is 29.3. The summed E-state index contributed by atoms with van der Waals surface area (Å²) in [6, 6.07) is 8.14. The zero-order chi connectivity index (χ0) is 29.5. The number of fused-ring (bicyclic) bond motifs is 4. The third-order valence-electron chi connectivity index (χ3n) is 9.10. The fourth-order valence-corrected chi connectivity index (χ4v) is 6.36. The first-order valence-electron chi connectivity index (χ1n) is 15.2. The summed E-state index contributed by atoms with van der Waals surface area (Å²) in [6.45, 7) is 16.1. The highest BCUT2D eigenvalue weighted by Crippen LogP contribution is 2.38. The lowest BCUT2D eigenvalue weighted by atomic mass is 9.71. The molecular weight excluding hydrogens is 512 g/mol. The molecule has 2 aliphatic carbocycles. The standard InChI is InChI=1S/C18H24N2O2.C16H22N2O/c1-5-22-17(21)16-10-15-14(20-16)9-11-8-12(18(2,3)4)6-7-13(11)19-15;1-16(2,3)11-4-5-13-10(6-11)7-14-15(18-13)8-12(9-19)17-14/h9-10,12,20H,5-8H2,1-4H3;7-8,11,17,19H,4-6,9H2,1-3H3. The lowest BCUT2D eigenvalue weighted by molar-refractivity contribution is 0.0520. The molecule has 41 heavy (non-hydrogen) atoms. The second kappa shape index (κ2) is 11.2. The van der Waals surface area contributed by atoms with Gasteiger partial charge < -0.3 is 19.8 Å². The Morgan fingerprint density at radius 2 is 1.37 bits per heavy atom. The Balaban J connectivity index is 0.000000166. The van der Waals surface area contributed by atoms with Gasteiger partial charge in [-0.25, -0.2) is 4.79 Å². The number of esters is 1. The van der Waals surface area contributed by atoms with Crippen molar-refractivity contribution in [2.24, 2.45) is 22.7 Å². The van der Waals surface area contributed by atoms with Crippen LogP contribution in [-0.4, -0.2) is 37.6 Å². The quantitative estimate of drug-likeness (QED) is 0.233. The minimum absolute atomic E-state index is 0.0473. The number of hydrogen-bond donors (Lipinski definition) is 3. The van der Waals surface area contributed by atoms with Gasteiger partial charge in [0.2, 0.25) is 0 Å². The molecule has 2 unspecified atom stereocenters. The van der Waals surface area contributed by atoms with Crippen molar-refractivity contribution in [3.8, 4) is 0 Å². The van der Waals surface area contributed by atoms with Crippen LogP contribution in [0.4, 0.5) is 0 Å². The second-order valence-electron chi connectivity index (χ2n) is 14.0. The predicted octanol–water partition coefficient (Wildman–Crippen LogP) is 7.10. The number of carbonyl (C=O) groups excluding carboxylic acids is 1. The van der Waals surface area contributed by atoms with Gasteiger partial charge in [-0.2, -0.15) is 0 Å². The van der Waals surface area contributed by atoms with Crippen LogP contribution in [0.3, 0.4) is 0 Å². The van der Waals surface area contributed by atoms with Crippen molar-refractivity contribution in [1.82, 2.24) is 19.9 Å². The number of pyridine rings is 2. The Morgan fingerprint density at radius 1 is 0.854 bits per heavy atom. The summed E-state index contributed by atoms with van der Waals surface area (Å²) < 4.78 is 5.05. The molecule has 7 heteroatoms. The fraction of sp³-hybridized carbons (Fsp3) is 0.559. The molecule has 0 fully saturated rings. The lowest BCUT2D eigenvalue weighted by Crippen LogP contribution is -2.27. The van der Waals surface area contributed by atoms with Gasteiger partial charge >= 0.3 is 5.97 Å². The molecule has 6 rings (SSSR count). The van der Waals surface area contributed by atoms with E-state index in [1.54, 1.807) is 6.07 Å². The van der Waals surface area contributed by atoms with E-state index in [1.807, 2.05) is 13.0 Å². The molecule has 7 nitrogen and oxygen atoms in total. The highest BCUT2D eigenvalue weighted by molar-refractivity contribution is 5.93. The van der Waals surface area contributed by atoms with Crippen LogP contribution in [0.2, 0.25) is 0 Å². The molecule has 0 saturated heterocycles. The largest absolute Gasteiger partial charge is 0.461 e. The van der Waals surface area contributed by atoms with Crippen molar-refractivity contribution >= 4 is 28.0 Å². The van der Waals surface area contributed by atoms with E-state index >= 15 is 0 Å². The molecule has 0 amide bonds. The Kier molecular flexibility index (Phi) is 8.03. The maximum absolute atomic E-state index is 11.8. The number of nitrogens with one attached hydrogen (secondary N) is 2. The van der Waals surface area contributed by atoms with Crippen LogP contribution in [0.5, 0.6) is 0 Å². The smallest absolute Gasteiger partial charge is 0.354 e. The van der Waals surface area contributed by atoms with E-state index in [0.29, 0.717) is 29.0 Å². The number of aliphatic hydroxyl groups excluding tert-OH is 1. The monoisotopic (exact) mass is 558 g/mol. The lowest BCUT2D eigenvalue weighted by Gasteiger charge is -2.34. The van der Waals surface area contributed by atoms with Crippen LogP contribution >= 0.6 is 0 Å². The van der Waals surface area contributed by atoms with Crippen LogP contribution < -0.4 is 0 Å². The molecule has 3 N–H and O–H groups in total. The maximum Gasteiger partial charge on any atom is 0.354 e. The second-order valence-corrected chi connectivity index (χ2v) is 14.0. The first-order chi connectivity index (χ1) is 19.4. The third-order valence-corrected chi connectivity index (χ3v) is 9.10. The number of aromatic nitrogens is 4. The molecule has 0 aliphatic heterocycles. The van der Waals surface area contributed by atoms with Crippen LogP contribution in [0.15, 0.2) is 24.3 Å². The van der Waals surface area contributed by atoms with E-state index < -0.39 is 0 Å². The molecule has 0 bridgehead atoms. The van der Waals surface area contributed by atoms with Gasteiger partial charge in [-0.1, -0.05) is 41.5 Å². The number of aryl methyl sites for hydroxylation is 2. The molecule has 220 valence electrons. The van der Waals surface area contributed by atoms with E-state index in [9.17, 15) is 9.90 Å². The number of ether oxygens (including phenoxy) is 1. The maximum atomic E-state index is 11.8. The van der Waals surface area contributed by atoms with Gasteiger partial charge in [0.25, 0.3) is 0 Å². The summed E-state index contributed by atoms with van der Waals surface area (Å²) in [6.07, 6.45) is 6.70. The molecule has 0 radical (unpaired) electrons. The summed E-state index contributed by atoms with van der Waals surface area (Å²) >= 11 is 0. The van der Waals surface area contributed by atoms with Gasteiger partial charge in [0.1, 0.15) is 5.69 Å². The Labute approximate surface area is 243 Å². The van der Waals surface area contributed by atoms with E-state index in [2.05, 4.69) is 63.6 Å². The SMILES string of the molecule is CC(C)(C)C1CCc2nc3cc(CO)[nH]c3cc2C1.CCOC(=O)c1cc2nc3c(cc2[nH]1)CC(C(C)(C)C)CC3. The van der Waals surface area contributed by atoms with Crippen LogP contribution in [0.25, 0.3) is 22.1 Å². The van der Waals surface area contributed by atoms with Gasteiger partial charge in [0, 0.05) is 17.1 Å². The summed E-state index contributed by atoms with van der Waals surface area (Å²) in [7, 11) is 0. The summed E-state index contributed by atoms with van der Waals surface area (Å²) in [5, 5.41) is 9.19. The summed E-state index contributed by atoms with van der Waals surface area (Å²) in [5.41, 5.74) is 11.0. The summed E-state index contributed by atoms with van der Waals surface area (Å²) in [5.74, 6) is 1.09. The molecule has 0 aromatic carbocycles. The molecular formula is C34H46N4O3. The van der Waals surface area contributed by atoms with Gasteiger partial charge in [-0.3, -0.25) is 9.97 Å². The van der Waals surface area contributed by atoms with Gasteiger partial charge in [0.05, 0.1) is 35.3 Å². The Hall–Kier alpha value is -3.19.